The van der Waals surface area contributed by atoms with E-state index in [0.29, 0.717) is 16.5 Å². The Morgan fingerprint density at radius 1 is 1.12 bits per heavy atom. The quantitative estimate of drug-likeness (QED) is 0.727. The smallest absolute Gasteiger partial charge is 0.217 e. The molecule has 0 radical (unpaired) electrons. The van der Waals surface area contributed by atoms with E-state index < -0.39 is 0 Å². The fourth-order valence-electron chi connectivity index (χ4n) is 4.38. The maximum Gasteiger partial charge on any atom is 0.217 e. The van der Waals surface area contributed by atoms with E-state index in [1.54, 1.807) is 0 Å². The van der Waals surface area contributed by atoms with Gasteiger partial charge in [0, 0.05) is 23.5 Å². The van der Waals surface area contributed by atoms with Gasteiger partial charge < -0.3 is 9.47 Å². The summed E-state index contributed by atoms with van der Waals surface area (Å²) in [6.45, 7) is 0.725. The molecule has 0 unspecified atom stereocenters. The molecule has 0 bridgehead atoms. The highest BCUT2D eigenvalue weighted by Gasteiger charge is 2.49. The van der Waals surface area contributed by atoms with E-state index in [1.165, 1.54) is 0 Å². The molecular weight excluding hydrogens is 348 g/mol. The molecule has 0 saturated carbocycles. The minimum atomic E-state index is -0.125. The molecule has 3 aliphatic rings. The van der Waals surface area contributed by atoms with Crippen LogP contribution in [0.5, 0.6) is 5.75 Å². The summed E-state index contributed by atoms with van der Waals surface area (Å²) >= 11 is 6.07. The summed E-state index contributed by atoms with van der Waals surface area (Å²) in [5.74, 6) is 1.53. The molecule has 26 heavy (non-hydrogen) atoms. The standard InChI is InChI=1S/C21H17ClN2O2/c22-14-9-7-13(8-10-14)19-15-4-3-11-25-20(15)24-17-5-1-2-6-18(17)26-21(24)16(19)12-23/h1-2,5-10,15,19-20H,3-4,11H2/t15-,19+,20-/m1/s1. The van der Waals surface area contributed by atoms with Crippen LogP contribution in [0.2, 0.25) is 5.02 Å². The minimum Gasteiger partial charge on any atom is -0.437 e. The number of benzene rings is 2. The average Bonchev–Trinajstić information content (AvgIpc) is 3.07. The number of rotatable bonds is 1. The molecule has 5 rings (SSSR count). The monoisotopic (exact) mass is 364 g/mol. The van der Waals surface area contributed by atoms with Crippen molar-refractivity contribution < 1.29 is 9.47 Å². The predicted molar refractivity (Wildman–Crippen MR) is 98.8 cm³/mol. The number of para-hydroxylation sites is 2. The number of hydrogen-bond donors (Lipinski definition) is 0. The van der Waals surface area contributed by atoms with Crippen LogP contribution in [-0.4, -0.2) is 12.8 Å². The van der Waals surface area contributed by atoms with Gasteiger partial charge in [-0.05, 0) is 42.7 Å². The van der Waals surface area contributed by atoms with Gasteiger partial charge in [0.05, 0.1) is 11.3 Å². The summed E-state index contributed by atoms with van der Waals surface area (Å²) < 4.78 is 12.3. The second-order valence-corrected chi connectivity index (χ2v) is 7.30. The van der Waals surface area contributed by atoms with Gasteiger partial charge in [0.1, 0.15) is 12.3 Å². The van der Waals surface area contributed by atoms with Gasteiger partial charge in [0.2, 0.25) is 5.88 Å². The van der Waals surface area contributed by atoms with E-state index in [-0.39, 0.29) is 18.1 Å². The van der Waals surface area contributed by atoms with Crippen LogP contribution in [0, 0.1) is 17.2 Å². The third-order valence-corrected chi connectivity index (χ3v) is 5.71. The van der Waals surface area contributed by atoms with Crippen molar-refractivity contribution in [2.75, 3.05) is 11.5 Å². The highest BCUT2D eigenvalue weighted by Crippen LogP contribution is 2.52. The average molecular weight is 365 g/mol. The number of hydrogen-bond acceptors (Lipinski definition) is 4. The fourth-order valence-corrected chi connectivity index (χ4v) is 4.50. The molecule has 0 N–H and O–H groups in total. The normalized spacial score (nSPS) is 26.5. The Labute approximate surface area is 157 Å². The third-order valence-electron chi connectivity index (χ3n) is 5.46. The first kappa shape index (κ1) is 15.7. The van der Waals surface area contributed by atoms with E-state index >= 15 is 0 Å². The summed E-state index contributed by atoms with van der Waals surface area (Å²) in [5, 5.41) is 10.7. The molecule has 2 aromatic rings. The van der Waals surface area contributed by atoms with Gasteiger partial charge in [-0.25, -0.2) is 0 Å². The number of nitrogens with zero attached hydrogens (tertiary/aromatic N) is 2. The van der Waals surface area contributed by atoms with Gasteiger partial charge in [-0.3, -0.25) is 4.90 Å². The molecule has 1 saturated heterocycles. The minimum absolute atomic E-state index is 0.0527. The molecule has 0 spiro atoms. The molecule has 3 aliphatic heterocycles. The number of halogens is 1. The number of fused-ring (bicyclic) bond motifs is 5. The zero-order chi connectivity index (χ0) is 17.7. The zero-order valence-corrected chi connectivity index (χ0v) is 14.8. The Morgan fingerprint density at radius 2 is 1.92 bits per heavy atom. The number of anilines is 1. The van der Waals surface area contributed by atoms with Crippen LogP contribution in [0.3, 0.4) is 0 Å². The summed E-state index contributed by atoms with van der Waals surface area (Å²) in [4.78, 5) is 2.07. The van der Waals surface area contributed by atoms with E-state index in [0.717, 1.165) is 36.4 Å². The Morgan fingerprint density at radius 3 is 2.73 bits per heavy atom. The van der Waals surface area contributed by atoms with Crippen LogP contribution in [0.4, 0.5) is 5.69 Å². The zero-order valence-electron chi connectivity index (χ0n) is 14.1. The molecule has 5 heteroatoms. The maximum atomic E-state index is 10.0. The van der Waals surface area contributed by atoms with E-state index in [4.69, 9.17) is 21.1 Å². The van der Waals surface area contributed by atoms with Crippen LogP contribution in [-0.2, 0) is 4.74 Å². The Bertz CT molecular complexity index is 932. The number of nitriles is 1. The van der Waals surface area contributed by atoms with Gasteiger partial charge in [-0.2, -0.15) is 5.26 Å². The Balaban J connectivity index is 1.70. The molecule has 3 heterocycles. The van der Waals surface area contributed by atoms with Crippen molar-refractivity contribution in [2.24, 2.45) is 5.92 Å². The highest BCUT2D eigenvalue weighted by molar-refractivity contribution is 6.30. The first-order valence-electron chi connectivity index (χ1n) is 8.85. The Kier molecular flexibility index (Phi) is 3.66. The molecule has 0 aromatic heterocycles. The summed E-state index contributed by atoms with van der Waals surface area (Å²) in [5.41, 5.74) is 2.72. The third kappa shape index (κ3) is 2.25. The van der Waals surface area contributed by atoms with Crippen molar-refractivity contribution in [3.05, 3.63) is 70.6 Å². The van der Waals surface area contributed by atoms with Crippen molar-refractivity contribution in [1.82, 2.24) is 0 Å². The predicted octanol–water partition coefficient (Wildman–Crippen LogP) is 4.82. The van der Waals surface area contributed by atoms with Crippen LogP contribution < -0.4 is 9.64 Å². The lowest BCUT2D eigenvalue weighted by Crippen LogP contribution is -2.50. The van der Waals surface area contributed by atoms with Crippen molar-refractivity contribution in [2.45, 2.75) is 25.0 Å². The van der Waals surface area contributed by atoms with Crippen molar-refractivity contribution in [1.29, 1.82) is 5.26 Å². The summed E-state index contributed by atoms with van der Waals surface area (Å²) in [6.07, 6.45) is 1.88. The molecule has 1 fully saturated rings. The molecule has 4 nitrogen and oxygen atoms in total. The lowest BCUT2D eigenvalue weighted by atomic mass is 9.74. The lowest BCUT2D eigenvalue weighted by molar-refractivity contribution is -0.0367. The van der Waals surface area contributed by atoms with Crippen LogP contribution in [0.1, 0.15) is 24.3 Å². The number of ether oxygens (including phenoxy) is 2. The van der Waals surface area contributed by atoms with Crippen molar-refractivity contribution >= 4 is 17.3 Å². The second-order valence-electron chi connectivity index (χ2n) is 6.87. The molecule has 130 valence electrons. The van der Waals surface area contributed by atoms with E-state index in [9.17, 15) is 5.26 Å². The van der Waals surface area contributed by atoms with Gasteiger partial charge >= 0.3 is 0 Å². The second kappa shape index (κ2) is 6.05. The van der Waals surface area contributed by atoms with E-state index in [2.05, 4.69) is 11.0 Å². The van der Waals surface area contributed by atoms with Crippen molar-refractivity contribution in [3.8, 4) is 11.8 Å². The number of allylic oxidation sites excluding steroid dienone is 1. The van der Waals surface area contributed by atoms with Gasteiger partial charge in [-0.15, -0.1) is 0 Å². The van der Waals surface area contributed by atoms with E-state index in [1.807, 2.05) is 48.5 Å². The largest absolute Gasteiger partial charge is 0.437 e. The molecule has 3 atom stereocenters. The van der Waals surface area contributed by atoms with Gasteiger partial charge in [0.25, 0.3) is 0 Å². The van der Waals surface area contributed by atoms with Crippen LogP contribution >= 0.6 is 11.6 Å². The molecule has 0 amide bonds. The van der Waals surface area contributed by atoms with Crippen LogP contribution in [0.25, 0.3) is 0 Å². The molecule has 0 aliphatic carbocycles. The molecular formula is C21H17ClN2O2. The first-order valence-corrected chi connectivity index (χ1v) is 9.23. The highest BCUT2D eigenvalue weighted by atomic mass is 35.5. The first-order chi connectivity index (χ1) is 12.8. The van der Waals surface area contributed by atoms with Crippen molar-refractivity contribution in [3.63, 3.8) is 0 Å². The van der Waals surface area contributed by atoms with Gasteiger partial charge in [0.15, 0.2) is 5.75 Å². The van der Waals surface area contributed by atoms with Gasteiger partial charge in [-0.1, -0.05) is 35.9 Å². The SMILES string of the molecule is N#CC1=C2Oc3ccccc3N2[C@@H]2OCCC[C@@H]2[C@@H]1c1ccc(Cl)cc1. The molecule has 2 aromatic carbocycles. The fraction of sp³-hybridized carbons (Fsp3) is 0.286. The van der Waals surface area contributed by atoms with Crippen LogP contribution in [0.15, 0.2) is 60.0 Å². The summed E-state index contributed by atoms with van der Waals surface area (Å²) in [7, 11) is 0. The lowest BCUT2D eigenvalue weighted by Gasteiger charge is -2.45. The Hall–Kier alpha value is -2.48. The summed E-state index contributed by atoms with van der Waals surface area (Å²) in [6, 6.07) is 18.1. The topological polar surface area (TPSA) is 45.5 Å². The maximum absolute atomic E-state index is 10.0.